The summed E-state index contributed by atoms with van der Waals surface area (Å²) in [5, 5.41) is 6.93. The largest absolute Gasteiger partial charge is 0.493 e. The molecule has 0 aliphatic carbocycles. The highest BCUT2D eigenvalue weighted by atomic mass is 16.6. The van der Waals surface area contributed by atoms with Gasteiger partial charge in [0.2, 0.25) is 0 Å². The van der Waals surface area contributed by atoms with E-state index in [2.05, 4.69) is 10.6 Å². The van der Waals surface area contributed by atoms with Crippen LogP contribution >= 0.6 is 0 Å². The Hall–Kier alpha value is -7.34. The van der Waals surface area contributed by atoms with Crippen molar-refractivity contribution < 1.29 is 95.1 Å². The third-order valence-electron chi connectivity index (χ3n) is 15.3. The van der Waals surface area contributed by atoms with Crippen molar-refractivity contribution in [1.29, 1.82) is 0 Å². The molecule has 0 radical (unpaired) electrons. The van der Waals surface area contributed by atoms with Crippen LogP contribution in [0.15, 0.2) is 60.7 Å². The molecule has 4 aromatic carbocycles. The second kappa shape index (κ2) is 30.6. The molecular weight excluding hydrogens is 1190 g/mol. The topological polar surface area (TPSA) is 256 Å². The van der Waals surface area contributed by atoms with Gasteiger partial charge in [-0.3, -0.25) is 10.6 Å². The maximum Gasteiger partial charge on any atom is 0.419 e. The Morgan fingerprint density at radius 1 is 0.391 bits per heavy atom. The minimum absolute atomic E-state index is 0.00463. The van der Waals surface area contributed by atoms with Crippen LogP contribution in [-0.4, -0.2) is 153 Å². The molecule has 506 valence electrons. The second-order valence-corrected chi connectivity index (χ2v) is 26.9. The van der Waals surface area contributed by atoms with Crippen molar-refractivity contribution in [2.75, 3.05) is 70.0 Å². The molecule has 2 aliphatic heterocycles. The van der Waals surface area contributed by atoms with E-state index in [1.807, 2.05) is 12.1 Å². The Kier molecular flexibility index (Phi) is 24.5. The summed E-state index contributed by atoms with van der Waals surface area (Å²) in [5.41, 5.74) is -1.60. The van der Waals surface area contributed by atoms with Crippen LogP contribution < -0.4 is 29.6 Å². The van der Waals surface area contributed by atoms with E-state index >= 15 is 9.59 Å². The van der Waals surface area contributed by atoms with Crippen LogP contribution in [0, 0.1) is 0 Å². The third-order valence-corrected chi connectivity index (χ3v) is 15.3. The van der Waals surface area contributed by atoms with Crippen LogP contribution in [-0.2, 0) is 139 Å². The number of hydrogen-bond acceptors (Lipinski definition) is 22. The molecule has 0 fully saturated rings. The van der Waals surface area contributed by atoms with Gasteiger partial charge < -0.3 is 66.3 Å². The molecule has 0 aromatic heterocycles. The summed E-state index contributed by atoms with van der Waals surface area (Å²) in [5.74, 6) is -3.69. The fraction of sp³-hybridized carbons (Fsp3) is 0.571. The first-order valence-electron chi connectivity index (χ1n) is 30.8. The Morgan fingerprint density at radius 3 is 0.913 bits per heavy atom. The van der Waals surface area contributed by atoms with Gasteiger partial charge in [-0.25, -0.2) is 28.8 Å². The first-order valence-corrected chi connectivity index (χ1v) is 30.8. The number of ether oxygens (including phenoxy) is 14. The molecule has 0 amide bonds. The number of rotatable bonds is 26. The van der Waals surface area contributed by atoms with Crippen LogP contribution in [0.3, 0.4) is 0 Å². The predicted octanol–water partition coefficient (Wildman–Crippen LogP) is 8.19. The molecule has 2 heterocycles. The number of carbonyl (C=O) groups is 6. The van der Waals surface area contributed by atoms with Gasteiger partial charge in [0, 0.05) is 91.2 Å². The maximum absolute atomic E-state index is 15.5. The molecule has 6 rings (SSSR count). The van der Waals surface area contributed by atoms with Gasteiger partial charge in [-0.1, -0.05) is 24.3 Å². The number of methoxy groups -OCH3 is 8. The van der Waals surface area contributed by atoms with Crippen molar-refractivity contribution in [3.8, 4) is 23.0 Å². The van der Waals surface area contributed by atoms with Crippen molar-refractivity contribution in [2.45, 2.75) is 193 Å². The predicted molar refractivity (Wildman–Crippen MR) is 340 cm³/mol. The number of benzene rings is 4. The quantitative estimate of drug-likeness (QED) is 0.0341. The zero-order valence-electron chi connectivity index (χ0n) is 57.3. The van der Waals surface area contributed by atoms with Crippen LogP contribution in [0.2, 0.25) is 0 Å². The summed E-state index contributed by atoms with van der Waals surface area (Å²) in [4.78, 5) is 86.2. The van der Waals surface area contributed by atoms with E-state index in [1.54, 1.807) is 132 Å². The van der Waals surface area contributed by atoms with Gasteiger partial charge in [0.25, 0.3) is 0 Å². The highest BCUT2D eigenvalue weighted by Crippen LogP contribution is 2.42. The van der Waals surface area contributed by atoms with Crippen molar-refractivity contribution >= 4 is 35.8 Å². The van der Waals surface area contributed by atoms with Gasteiger partial charge in [0.1, 0.15) is 22.4 Å². The summed E-state index contributed by atoms with van der Waals surface area (Å²) in [6.07, 6.45) is -4.09. The molecule has 22 nitrogen and oxygen atoms in total. The summed E-state index contributed by atoms with van der Waals surface area (Å²) >= 11 is 0. The molecule has 0 saturated carbocycles. The minimum Gasteiger partial charge on any atom is -0.493 e. The summed E-state index contributed by atoms with van der Waals surface area (Å²) in [6.45, 7) is 21.4. The van der Waals surface area contributed by atoms with Crippen molar-refractivity contribution in [3.63, 3.8) is 0 Å². The first-order chi connectivity index (χ1) is 43.0. The van der Waals surface area contributed by atoms with Gasteiger partial charge in [-0.2, -0.15) is 0 Å². The van der Waals surface area contributed by atoms with Crippen molar-refractivity contribution in [1.82, 2.24) is 10.6 Å². The Bertz CT molecular complexity index is 3060. The fourth-order valence-corrected chi connectivity index (χ4v) is 11.2. The SMILES string of the molecule is COc1ccc(C[C@]2(OC(=O)C(=O)O[C@@]3(Cc4ccc(OC)c(OC)c4)NCCc4cc(CC(OC)C(=O)OC(C)(C)C)c(CC(OC)C(=O)OC(C)(C)C)cc43)NCCc3cc(CC(OC)C(=O)OC(C)(C)C)c(CC(OC)C(=O)OC(C)(C)C)cc32)cc1OC. The van der Waals surface area contributed by atoms with Crippen molar-refractivity contribution in [3.05, 3.63) is 116 Å². The highest BCUT2D eigenvalue weighted by Gasteiger charge is 2.48. The van der Waals surface area contributed by atoms with Crippen LogP contribution in [0.5, 0.6) is 23.0 Å². The number of hydrogen-bond donors (Lipinski definition) is 2. The van der Waals surface area contributed by atoms with E-state index in [0.717, 1.165) is 0 Å². The Balaban J connectivity index is 1.57. The molecule has 2 aliphatic rings. The molecule has 0 spiro atoms. The number of fused-ring (bicyclic) bond motifs is 2. The highest BCUT2D eigenvalue weighted by molar-refractivity contribution is 6.30. The standard InChI is InChI=1S/C70H96N2O20/c1-65(2,3)87-59(73)55(83-17)35-45-31-43-25-27-71-69(39-41-21-23-51(79-13)53(29-41)81-15,49(43)33-47(45)37-57(85-19)61(75)89-67(7,8)9)91-63(77)64(78)92-70(40-42-22-24-52(80-14)54(30-42)82-16)50-34-48(38-58(86-20)62(76)90-68(10,11)12)46(32-44(50)26-28-72-70)36-56(84-18)60(74)88-66(4,5)6/h21-24,29-34,55-58,71-72H,25-28,35-40H2,1-20H3/t55?,56?,57?,58?,69-,70-/m1/s1. The maximum atomic E-state index is 15.5. The molecule has 6 atom stereocenters. The van der Waals surface area contributed by atoms with E-state index in [4.69, 9.17) is 66.3 Å². The monoisotopic (exact) mass is 1280 g/mol. The van der Waals surface area contributed by atoms with Crippen molar-refractivity contribution in [2.24, 2.45) is 0 Å². The van der Waals surface area contributed by atoms with E-state index in [-0.39, 0.29) is 51.6 Å². The summed E-state index contributed by atoms with van der Waals surface area (Å²) < 4.78 is 82.6. The average molecular weight is 1290 g/mol. The van der Waals surface area contributed by atoms with Crippen LogP contribution in [0.1, 0.15) is 139 Å². The Morgan fingerprint density at radius 2 is 0.663 bits per heavy atom. The molecule has 0 bridgehead atoms. The van der Waals surface area contributed by atoms with Gasteiger partial charge in [-0.15, -0.1) is 0 Å². The lowest BCUT2D eigenvalue weighted by Gasteiger charge is -2.42. The van der Waals surface area contributed by atoms with Crippen LogP contribution in [0.4, 0.5) is 0 Å². The molecule has 4 unspecified atom stereocenters. The molecule has 0 saturated heterocycles. The van der Waals surface area contributed by atoms with E-state index in [9.17, 15) is 19.2 Å². The van der Waals surface area contributed by atoms with E-state index < -0.39 is 94.1 Å². The zero-order valence-corrected chi connectivity index (χ0v) is 57.3. The molecule has 22 heteroatoms. The average Bonchev–Trinajstić information content (AvgIpc) is 0.766. The normalized spacial score (nSPS) is 17.9. The van der Waals surface area contributed by atoms with Gasteiger partial charge in [-0.05, 0) is 177 Å². The second-order valence-electron chi connectivity index (χ2n) is 26.9. The molecule has 2 N–H and O–H groups in total. The summed E-state index contributed by atoms with van der Waals surface area (Å²) in [7, 11) is 11.6. The zero-order chi connectivity index (χ0) is 68.3. The van der Waals surface area contributed by atoms with Gasteiger partial charge >= 0.3 is 35.8 Å². The van der Waals surface area contributed by atoms with E-state index in [0.29, 0.717) is 91.5 Å². The van der Waals surface area contributed by atoms with Gasteiger partial charge in [0.15, 0.2) is 58.9 Å². The lowest BCUT2D eigenvalue weighted by atomic mass is 9.82. The number of carbonyl (C=O) groups excluding carboxylic acids is 6. The third kappa shape index (κ3) is 19.4. The molecular formula is C70H96N2O20. The minimum atomic E-state index is -1.86. The van der Waals surface area contributed by atoms with Crippen LogP contribution in [0.25, 0.3) is 0 Å². The van der Waals surface area contributed by atoms with Gasteiger partial charge in [0.05, 0.1) is 28.4 Å². The number of nitrogens with one attached hydrogen (secondary N) is 2. The lowest BCUT2D eigenvalue weighted by molar-refractivity contribution is -0.193. The fourth-order valence-electron chi connectivity index (χ4n) is 11.2. The molecule has 4 aromatic rings. The number of esters is 6. The first kappa shape index (κ1) is 73.7. The Labute approximate surface area is 541 Å². The van der Waals surface area contributed by atoms with E-state index in [1.165, 1.54) is 56.9 Å². The lowest BCUT2D eigenvalue weighted by Crippen LogP contribution is -2.55. The molecule has 92 heavy (non-hydrogen) atoms. The summed E-state index contributed by atoms with van der Waals surface area (Å²) in [6, 6.07) is 17.8. The smallest absolute Gasteiger partial charge is 0.419 e.